The van der Waals surface area contributed by atoms with Gasteiger partial charge in [0.15, 0.2) is 0 Å². The van der Waals surface area contributed by atoms with E-state index in [1.807, 2.05) is 62.3 Å². The van der Waals surface area contributed by atoms with Crippen molar-refractivity contribution in [1.82, 2.24) is 14.0 Å². The number of hydrogen-bond acceptors (Lipinski definition) is 14. The van der Waals surface area contributed by atoms with Crippen molar-refractivity contribution in [3.8, 4) is 0 Å². The molecule has 3 aromatic carbocycles. The van der Waals surface area contributed by atoms with Crippen LogP contribution in [0.15, 0.2) is 95.0 Å². The number of allylic oxidation sites excluding steroid dienone is 1. The van der Waals surface area contributed by atoms with Crippen LogP contribution in [0.25, 0.3) is 22.9 Å². The molecule has 59 heavy (non-hydrogen) atoms. The van der Waals surface area contributed by atoms with Crippen molar-refractivity contribution >= 4 is 120 Å². The molecule has 0 saturated carbocycles. The summed E-state index contributed by atoms with van der Waals surface area (Å²) in [5.41, 5.74) is 4.21. The first-order valence-corrected chi connectivity index (χ1v) is 20.3. The number of thioether (sulfide) groups is 1. The molecule has 1 fully saturated rings. The van der Waals surface area contributed by atoms with E-state index in [9.17, 15) is 39.4 Å². The fourth-order valence-corrected chi connectivity index (χ4v) is 9.66. The molecule has 3 N–H and O–H groups in total. The average Bonchev–Trinajstić information content (AvgIpc) is 3.80. The summed E-state index contributed by atoms with van der Waals surface area (Å²) < 4.78 is 1.38. The van der Waals surface area contributed by atoms with Gasteiger partial charge >= 0.3 is 11.9 Å². The number of aromatic nitrogens is 2. The van der Waals surface area contributed by atoms with E-state index in [2.05, 4.69) is 64.9 Å². The number of carbonyl (C=O) groups excluding carboxylic acids is 1. The number of carboxylic acid groups (broad SMARTS) is 2. The van der Waals surface area contributed by atoms with E-state index in [4.69, 9.17) is 12.2 Å². The van der Waals surface area contributed by atoms with E-state index >= 15 is 0 Å². The summed E-state index contributed by atoms with van der Waals surface area (Å²) in [6.07, 6.45) is 4.93. The Hall–Kier alpha value is -6.25. The molecule has 1 aliphatic heterocycles. The minimum absolute atomic E-state index is 0.0585. The van der Waals surface area contributed by atoms with Crippen molar-refractivity contribution in [2.24, 2.45) is 0 Å². The highest BCUT2D eigenvalue weighted by molar-refractivity contribution is 8.30. The number of rotatable bonds is 13. The standard InChI is InChI=1S/C40H36N6O9S4/c1-23(55-54)45-35(51)30(57-39(45)34-36(52)43(21-31(47)48)38(58-34)33-37(53)44(22-32(49)50)40(56)59-33)8-6-7-24-9-11-27(12-10-24)46(28-17-13-25(14-18-28)41(2)3)29-19-15-26(16-20-29)42(4)5/h6-20,54H,1,21-22H2,2-5H3,(H,47,48)(H,49,50)/b7-6+,30-8+,38-33+,39-34-. The van der Waals surface area contributed by atoms with Gasteiger partial charge in [0.05, 0.1) is 4.53 Å². The van der Waals surface area contributed by atoms with Crippen LogP contribution >= 0.6 is 46.7 Å². The molecular weight excluding hydrogens is 837 g/mol. The minimum atomic E-state index is -1.40. The van der Waals surface area contributed by atoms with Gasteiger partial charge in [0, 0.05) is 56.6 Å². The van der Waals surface area contributed by atoms with Crippen LogP contribution in [0.4, 0.5) is 28.4 Å². The predicted molar refractivity (Wildman–Crippen MR) is 237 cm³/mol. The number of thiocarbonyl (C=S) groups is 1. The summed E-state index contributed by atoms with van der Waals surface area (Å²) in [6.45, 7) is 1.99. The van der Waals surface area contributed by atoms with Gasteiger partial charge in [0.1, 0.15) is 36.2 Å². The molecule has 6 rings (SSSR count). The Bertz CT molecular complexity index is 2810. The molecule has 304 valence electrons. The molecule has 15 nitrogen and oxygen atoms in total. The summed E-state index contributed by atoms with van der Waals surface area (Å²) in [6, 6.07) is 24.3. The second kappa shape index (κ2) is 17.7. The van der Waals surface area contributed by atoms with Crippen molar-refractivity contribution in [2.75, 3.05) is 49.4 Å². The first kappa shape index (κ1) is 42.4. The number of hydrogen-bond donors (Lipinski definition) is 3. The molecule has 0 unspecified atom stereocenters. The molecule has 0 aliphatic carbocycles. The summed E-state index contributed by atoms with van der Waals surface area (Å²) in [5, 5.41) is 28.4. The Morgan fingerprint density at radius 3 is 1.76 bits per heavy atom. The van der Waals surface area contributed by atoms with E-state index in [0.29, 0.717) is 11.3 Å². The maximum atomic E-state index is 13.8. The summed E-state index contributed by atoms with van der Waals surface area (Å²) in [7, 11) is 7.95. The monoisotopic (exact) mass is 872 g/mol. The second-order valence-electron chi connectivity index (χ2n) is 13.2. The Kier molecular flexibility index (Phi) is 12.7. The van der Waals surface area contributed by atoms with Crippen LogP contribution in [0, 0.1) is 9.20 Å². The Balaban J connectivity index is 1.42. The Morgan fingerprint density at radius 1 is 0.763 bits per heavy atom. The van der Waals surface area contributed by atoms with Crippen LogP contribution in [0.3, 0.4) is 0 Å². The van der Waals surface area contributed by atoms with E-state index in [-0.39, 0.29) is 27.6 Å². The molecule has 0 spiro atoms. The first-order chi connectivity index (χ1) is 28.1. The van der Waals surface area contributed by atoms with E-state index < -0.39 is 47.9 Å². The molecular formula is C40H36N6O9S4. The molecule has 0 bridgehead atoms. The number of aliphatic carboxylic acids is 2. The zero-order chi connectivity index (χ0) is 42.7. The molecule has 2 aromatic heterocycles. The lowest BCUT2D eigenvalue weighted by Gasteiger charge is -2.27. The van der Waals surface area contributed by atoms with Crippen LogP contribution in [-0.2, 0) is 25.8 Å². The van der Waals surface area contributed by atoms with E-state index in [0.717, 1.165) is 71.1 Å². The summed E-state index contributed by atoms with van der Waals surface area (Å²) >= 11 is 7.46. The molecule has 1 amide bonds. The topological polar surface area (TPSA) is 178 Å². The van der Waals surface area contributed by atoms with E-state index in [1.54, 1.807) is 12.2 Å². The third-order valence-electron chi connectivity index (χ3n) is 8.82. The second-order valence-corrected chi connectivity index (χ2v) is 16.8. The van der Waals surface area contributed by atoms with Gasteiger partial charge in [-0.25, -0.2) is 9.82 Å². The fraction of sp³-hybridized carbons (Fsp3) is 0.150. The Labute approximate surface area is 353 Å². The molecule has 5 aromatic rings. The third kappa shape index (κ3) is 8.93. The quantitative estimate of drug-likeness (QED) is 0.0649. The predicted octanol–water partition coefficient (Wildman–Crippen LogP) is 4.57. The Morgan fingerprint density at radius 2 is 1.27 bits per heavy atom. The zero-order valence-electron chi connectivity index (χ0n) is 31.9. The molecule has 0 atom stereocenters. The average molecular weight is 873 g/mol. The normalized spacial score (nSPS) is 14.6. The first-order valence-electron chi connectivity index (χ1n) is 17.4. The molecule has 0 radical (unpaired) electrons. The lowest BCUT2D eigenvalue weighted by atomic mass is 10.1. The summed E-state index contributed by atoms with van der Waals surface area (Å²) in [5.74, 6) is -4.08. The van der Waals surface area contributed by atoms with Gasteiger partial charge in [-0.05, 0) is 78.9 Å². The van der Waals surface area contributed by atoms with Crippen LogP contribution in [-0.4, -0.2) is 86.4 Å². The largest absolute Gasteiger partial charge is 0.480 e. The number of benzene rings is 3. The van der Waals surface area contributed by atoms with Gasteiger partial charge in [0.25, 0.3) is 17.0 Å². The van der Waals surface area contributed by atoms with Gasteiger partial charge in [-0.2, -0.15) is 0 Å². The lowest BCUT2D eigenvalue weighted by molar-refractivity contribution is -0.176. The van der Waals surface area contributed by atoms with Crippen LogP contribution in [0.1, 0.15) is 5.56 Å². The maximum absolute atomic E-state index is 13.8. The van der Waals surface area contributed by atoms with Crippen molar-refractivity contribution in [2.45, 2.75) is 6.54 Å². The van der Waals surface area contributed by atoms with Crippen molar-refractivity contribution in [1.29, 1.82) is 0 Å². The number of carbonyl (C=O) groups is 3. The molecule has 3 heterocycles. The number of amides is 1. The minimum Gasteiger partial charge on any atom is -0.480 e. The zero-order valence-corrected chi connectivity index (χ0v) is 35.2. The number of thiazole rings is 2. The fourth-order valence-electron chi connectivity index (χ4n) is 5.94. The summed E-state index contributed by atoms with van der Waals surface area (Å²) in [4.78, 5) is 75.1. The SMILES string of the molecule is C=C(OO)n1c(=O)/c(=C\C=C\c2ccc(N(c3ccc(N(C)C)cc3)c3ccc(N(C)C)cc3)cc2)s/c1=c1\s/c(=C2/SC(=S)N(CC(=O)O)C2=O)n(CC(=O)O)c1=O. The highest BCUT2D eigenvalue weighted by Gasteiger charge is 2.35. The van der Waals surface area contributed by atoms with Gasteiger partial charge < -0.3 is 29.8 Å². The number of carboxylic acids is 2. The van der Waals surface area contributed by atoms with Crippen molar-refractivity contribution in [3.63, 3.8) is 0 Å². The number of anilines is 5. The van der Waals surface area contributed by atoms with Gasteiger partial charge in [0.2, 0.25) is 5.88 Å². The maximum Gasteiger partial charge on any atom is 0.323 e. The molecule has 19 heteroatoms. The number of nitrogens with zero attached hydrogens (tertiary/aromatic N) is 6. The van der Waals surface area contributed by atoms with Crippen molar-refractivity contribution in [3.05, 3.63) is 130 Å². The third-order valence-corrected chi connectivity index (χ3v) is 12.8. The van der Waals surface area contributed by atoms with Crippen molar-refractivity contribution < 1.29 is 34.7 Å². The van der Waals surface area contributed by atoms with Crippen LogP contribution in [0.2, 0.25) is 0 Å². The molecule has 1 aliphatic rings. The highest BCUT2D eigenvalue weighted by atomic mass is 32.2. The highest BCUT2D eigenvalue weighted by Crippen LogP contribution is 2.36. The van der Waals surface area contributed by atoms with Gasteiger partial charge in [-0.1, -0.05) is 48.3 Å². The smallest absolute Gasteiger partial charge is 0.323 e. The van der Waals surface area contributed by atoms with Gasteiger partial charge in [-0.3, -0.25) is 33.4 Å². The lowest BCUT2D eigenvalue weighted by Crippen LogP contribution is -2.35. The van der Waals surface area contributed by atoms with E-state index in [1.165, 1.54) is 6.08 Å². The van der Waals surface area contributed by atoms with Crippen LogP contribution < -0.4 is 35.0 Å². The molecule has 1 saturated heterocycles. The van der Waals surface area contributed by atoms with Gasteiger partial charge in [-0.15, -0.1) is 22.7 Å². The van der Waals surface area contributed by atoms with Crippen LogP contribution in [0.5, 0.6) is 0 Å².